The van der Waals surface area contributed by atoms with Crippen LogP contribution in [0.1, 0.15) is 10.4 Å². The van der Waals surface area contributed by atoms with Crippen LogP contribution in [0.5, 0.6) is 0 Å². The molecule has 4 rings (SSSR count). The maximum Gasteiger partial charge on any atom is 0.255 e. The fourth-order valence-corrected chi connectivity index (χ4v) is 3.33. The third-order valence-electron chi connectivity index (χ3n) is 4.38. The van der Waals surface area contributed by atoms with Gasteiger partial charge in [-0.25, -0.2) is 18.5 Å². The molecule has 0 spiro atoms. The Morgan fingerprint density at radius 2 is 1.53 bits per heavy atom. The van der Waals surface area contributed by atoms with Crippen molar-refractivity contribution >= 4 is 21.6 Å². The van der Waals surface area contributed by atoms with Crippen molar-refractivity contribution in [2.24, 2.45) is 5.14 Å². The lowest BCUT2D eigenvalue weighted by molar-refractivity contribution is 0.102. The van der Waals surface area contributed by atoms with Crippen LogP contribution in [0.2, 0.25) is 0 Å². The number of aromatic amines is 1. The number of carbonyl (C=O) groups excluding carboxylic acids is 1. The molecule has 1 heterocycles. The predicted molar refractivity (Wildman–Crippen MR) is 113 cm³/mol. The van der Waals surface area contributed by atoms with Crippen molar-refractivity contribution in [3.05, 3.63) is 84.4 Å². The van der Waals surface area contributed by atoms with Crippen LogP contribution in [-0.2, 0) is 10.0 Å². The molecule has 0 bridgehead atoms. The number of nitrogens with zero attached hydrogens (tertiary/aromatic N) is 2. The van der Waals surface area contributed by atoms with Crippen LogP contribution in [0.25, 0.3) is 22.8 Å². The summed E-state index contributed by atoms with van der Waals surface area (Å²) in [5.74, 6) is 0.853. The zero-order valence-electron chi connectivity index (χ0n) is 15.6. The Hall–Kier alpha value is -3.82. The number of hydrogen-bond donors (Lipinski definition) is 3. The van der Waals surface area contributed by atoms with E-state index in [-0.39, 0.29) is 10.8 Å². The molecule has 0 aliphatic heterocycles. The van der Waals surface area contributed by atoms with Gasteiger partial charge in [-0.2, -0.15) is 5.10 Å². The topological polar surface area (TPSA) is 131 Å². The van der Waals surface area contributed by atoms with Gasteiger partial charge in [-0.3, -0.25) is 9.89 Å². The fraction of sp³-hybridized carbons (Fsp3) is 0. The van der Waals surface area contributed by atoms with Crippen molar-refractivity contribution in [1.29, 1.82) is 0 Å². The average molecular weight is 419 g/mol. The van der Waals surface area contributed by atoms with Crippen molar-refractivity contribution in [1.82, 2.24) is 15.2 Å². The number of anilines is 1. The van der Waals surface area contributed by atoms with E-state index in [0.29, 0.717) is 22.9 Å². The molecular weight excluding hydrogens is 402 g/mol. The molecule has 0 radical (unpaired) electrons. The van der Waals surface area contributed by atoms with Gasteiger partial charge in [0, 0.05) is 22.4 Å². The molecule has 3 aromatic carbocycles. The molecule has 1 aromatic heterocycles. The summed E-state index contributed by atoms with van der Waals surface area (Å²) in [7, 11) is -3.80. The Balaban J connectivity index is 1.46. The Morgan fingerprint density at radius 3 is 2.17 bits per heavy atom. The second-order valence-corrected chi connectivity index (χ2v) is 8.04. The molecule has 0 unspecified atom stereocenters. The Kier molecular flexibility index (Phi) is 5.13. The van der Waals surface area contributed by atoms with Crippen molar-refractivity contribution < 1.29 is 13.2 Å². The first-order chi connectivity index (χ1) is 14.4. The Bertz CT molecular complexity index is 1280. The van der Waals surface area contributed by atoms with Crippen LogP contribution in [0.3, 0.4) is 0 Å². The first kappa shape index (κ1) is 19.5. The quantitative estimate of drug-likeness (QED) is 0.458. The van der Waals surface area contributed by atoms with Gasteiger partial charge in [0.2, 0.25) is 10.0 Å². The molecule has 0 fully saturated rings. The molecule has 4 aromatic rings. The van der Waals surface area contributed by atoms with Crippen molar-refractivity contribution in [3.8, 4) is 22.8 Å². The molecule has 0 saturated heterocycles. The van der Waals surface area contributed by atoms with E-state index in [0.717, 1.165) is 11.1 Å². The van der Waals surface area contributed by atoms with Gasteiger partial charge in [-0.05, 0) is 48.5 Å². The monoisotopic (exact) mass is 419 g/mol. The van der Waals surface area contributed by atoms with Crippen LogP contribution >= 0.6 is 0 Å². The average Bonchev–Trinajstić information content (AvgIpc) is 3.25. The summed E-state index contributed by atoms with van der Waals surface area (Å²) in [6.07, 6.45) is 0. The highest BCUT2D eigenvalue weighted by Gasteiger charge is 2.11. The van der Waals surface area contributed by atoms with Crippen LogP contribution in [0, 0.1) is 0 Å². The van der Waals surface area contributed by atoms with Crippen molar-refractivity contribution in [3.63, 3.8) is 0 Å². The molecule has 9 heteroatoms. The van der Waals surface area contributed by atoms with Gasteiger partial charge in [0.1, 0.15) is 0 Å². The van der Waals surface area contributed by atoms with E-state index in [1.165, 1.54) is 24.3 Å². The molecule has 150 valence electrons. The Labute approximate surface area is 172 Å². The van der Waals surface area contributed by atoms with Gasteiger partial charge in [0.15, 0.2) is 11.6 Å². The van der Waals surface area contributed by atoms with Crippen LogP contribution in [0.15, 0.2) is 83.8 Å². The van der Waals surface area contributed by atoms with E-state index in [9.17, 15) is 13.2 Å². The van der Waals surface area contributed by atoms with Gasteiger partial charge in [0.25, 0.3) is 5.91 Å². The molecule has 0 aliphatic carbocycles. The zero-order valence-corrected chi connectivity index (χ0v) is 16.4. The molecule has 0 aliphatic rings. The van der Waals surface area contributed by atoms with Gasteiger partial charge in [-0.15, -0.1) is 0 Å². The van der Waals surface area contributed by atoms with Crippen molar-refractivity contribution in [2.45, 2.75) is 4.90 Å². The summed E-state index contributed by atoms with van der Waals surface area (Å²) < 4.78 is 22.6. The first-order valence-electron chi connectivity index (χ1n) is 8.93. The molecule has 8 nitrogen and oxygen atoms in total. The third kappa shape index (κ3) is 4.27. The lowest BCUT2D eigenvalue weighted by Crippen LogP contribution is -2.14. The Morgan fingerprint density at radius 1 is 0.867 bits per heavy atom. The SMILES string of the molecule is NS(=O)(=O)c1ccc(C(=O)Nc2ccc(-c3nc(-c4ccccc4)n[nH]3)cc2)cc1. The standard InChI is InChI=1S/C21H17N5O3S/c22-30(28,29)18-12-8-16(9-13-18)21(27)23-17-10-6-15(7-11-17)20-24-19(25-26-20)14-4-2-1-3-5-14/h1-13H,(H,23,27)(H2,22,28,29)(H,24,25,26). The number of carbonyl (C=O) groups is 1. The third-order valence-corrected chi connectivity index (χ3v) is 5.31. The van der Waals surface area contributed by atoms with Crippen molar-refractivity contribution in [2.75, 3.05) is 5.32 Å². The summed E-state index contributed by atoms with van der Waals surface area (Å²) in [6, 6.07) is 22.2. The first-order valence-corrected chi connectivity index (χ1v) is 10.5. The summed E-state index contributed by atoms with van der Waals surface area (Å²) in [5, 5.41) is 15.0. The van der Waals surface area contributed by atoms with E-state index >= 15 is 0 Å². The van der Waals surface area contributed by atoms with Crippen LogP contribution in [-0.4, -0.2) is 29.5 Å². The number of sulfonamides is 1. The van der Waals surface area contributed by atoms with E-state index in [1.54, 1.807) is 12.1 Å². The van der Waals surface area contributed by atoms with Gasteiger partial charge < -0.3 is 5.32 Å². The number of rotatable bonds is 5. The number of benzene rings is 3. The van der Waals surface area contributed by atoms with Crippen LogP contribution in [0.4, 0.5) is 5.69 Å². The maximum absolute atomic E-state index is 12.4. The number of nitrogens with one attached hydrogen (secondary N) is 2. The number of hydrogen-bond acceptors (Lipinski definition) is 5. The number of primary sulfonamides is 1. The normalized spacial score (nSPS) is 11.2. The fourth-order valence-electron chi connectivity index (χ4n) is 2.82. The van der Waals surface area contributed by atoms with E-state index in [1.807, 2.05) is 42.5 Å². The number of aromatic nitrogens is 3. The molecular formula is C21H17N5O3S. The molecule has 0 saturated carbocycles. The molecule has 4 N–H and O–H groups in total. The second-order valence-electron chi connectivity index (χ2n) is 6.47. The van der Waals surface area contributed by atoms with Gasteiger partial charge >= 0.3 is 0 Å². The van der Waals surface area contributed by atoms with E-state index in [4.69, 9.17) is 5.14 Å². The highest BCUT2D eigenvalue weighted by Crippen LogP contribution is 2.22. The number of nitrogens with two attached hydrogens (primary N) is 1. The van der Waals surface area contributed by atoms with Gasteiger partial charge in [0.05, 0.1) is 4.90 Å². The molecule has 1 amide bonds. The van der Waals surface area contributed by atoms with E-state index in [2.05, 4.69) is 20.5 Å². The zero-order chi connectivity index (χ0) is 21.1. The lowest BCUT2D eigenvalue weighted by atomic mass is 10.1. The summed E-state index contributed by atoms with van der Waals surface area (Å²) >= 11 is 0. The van der Waals surface area contributed by atoms with Crippen LogP contribution < -0.4 is 10.5 Å². The summed E-state index contributed by atoms with van der Waals surface area (Å²) in [4.78, 5) is 16.8. The minimum atomic E-state index is -3.80. The number of amides is 1. The highest BCUT2D eigenvalue weighted by molar-refractivity contribution is 7.89. The van der Waals surface area contributed by atoms with E-state index < -0.39 is 10.0 Å². The highest BCUT2D eigenvalue weighted by atomic mass is 32.2. The summed E-state index contributed by atoms with van der Waals surface area (Å²) in [5.41, 5.74) is 2.63. The number of H-pyrrole nitrogens is 1. The predicted octanol–water partition coefficient (Wildman–Crippen LogP) is 3.04. The largest absolute Gasteiger partial charge is 0.322 e. The lowest BCUT2D eigenvalue weighted by Gasteiger charge is -2.06. The smallest absolute Gasteiger partial charge is 0.255 e. The molecule has 0 atom stereocenters. The maximum atomic E-state index is 12.4. The summed E-state index contributed by atoms with van der Waals surface area (Å²) in [6.45, 7) is 0. The van der Waals surface area contributed by atoms with Gasteiger partial charge in [-0.1, -0.05) is 30.3 Å². The minimum Gasteiger partial charge on any atom is -0.322 e. The minimum absolute atomic E-state index is 0.0506. The molecule has 30 heavy (non-hydrogen) atoms. The second kappa shape index (κ2) is 7.90.